The molecular weight excluding hydrogens is 222 g/mol. The lowest BCUT2D eigenvalue weighted by Crippen LogP contribution is -1.96. The van der Waals surface area contributed by atoms with Gasteiger partial charge in [0.1, 0.15) is 0 Å². The Morgan fingerprint density at radius 3 is 2.75 bits per heavy atom. The minimum atomic E-state index is 0.0236. The monoisotopic (exact) mass is 231 g/mol. The zero-order chi connectivity index (χ0) is 11.5. The van der Waals surface area contributed by atoms with Crippen molar-refractivity contribution in [2.45, 2.75) is 6.92 Å². The van der Waals surface area contributed by atoms with Crippen molar-refractivity contribution in [1.82, 2.24) is 4.98 Å². The third-order valence-corrected chi connectivity index (χ3v) is 2.57. The Labute approximate surface area is 98.9 Å². The quantitative estimate of drug-likeness (QED) is 0.739. The van der Waals surface area contributed by atoms with E-state index in [-0.39, 0.29) is 5.78 Å². The van der Waals surface area contributed by atoms with Crippen LogP contribution in [0.5, 0.6) is 0 Å². The van der Waals surface area contributed by atoms with Gasteiger partial charge in [-0.3, -0.25) is 9.78 Å². The molecule has 1 aromatic heterocycles. The van der Waals surface area contributed by atoms with Crippen molar-refractivity contribution in [2.24, 2.45) is 0 Å². The predicted octanol–water partition coefficient (Wildman–Crippen LogP) is 3.60. The molecule has 0 unspecified atom stereocenters. The van der Waals surface area contributed by atoms with Gasteiger partial charge in [-0.2, -0.15) is 0 Å². The molecule has 0 aliphatic rings. The zero-order valence-corrected chi connectivity index (χ0v) is 9.53. The first-order valence-electron chi connectivity index (χ1n) is 4.89. The number of hydrogen-bond acceptors (Lipinski definition) is 2. The Morgan fingerprint density at radius 1 is 1.31 bits per heavy atom. The Hall–Kier alpha value is -1.67. The molecule has 0 aliphatic carbocycles. The summed E-state index contributed by atoms with van der Waals surface area (Å²) in [5, 5.41) is 0.615. The van der Waals surface area contributed by atoms with Crippen molar-refractivity contribution in [1.29, 1.82) is 0 Å². The fourth-order valence-electron chi connectivity index (χ4n) is 1.58. The van der Waals surface area contributed by atoms with E-state index in [0.29, 0.717) is 10.6 Å². The van der Waals surface area contributed by atoms with Gasteiger partial charge in [0.25, 0.3) is 0 Å². The summed E-state index contributed by atoms with van der Waals surface area (Å²) in [5.74, 6) is 0.0236. The summed E-state index contributed by atoms with van der Waals surface area (Å²) < 4.78 is 0. The van der Waals surface area contributed by atoms with E-state index in [4.69, 9.17) is 11.6 Å². The number of rotatable bonds is 2. The topological polar surface area (TPSA) is 30.0 Å². The number of Topliss-reactive ketones (excluding diaryl/α,β-unsaturated/α-hetero) is 1. The van der Waals surface area contributed by atoms with Crippen LogP contribution in [0.3, 0.4) is 0 Å². The lowest BCUT2D eigenvalue weighted by Gasteiger charge is -2.07. The normalized spacial score (nSPS) is 10.1. The van der Waals surface area contributed by atoms with Crippen LogP contribution in [0.2, 0.25) is 5.02 Å². The van der Waals surface area contributed by atoms with E-state index < -0.39 is 0 Å². The second kappa shape index (κ2) is 4.45. The molecule has 0 radical (unpaired) electrons. The number of aromatic nitrogens is 1. The van der Waals surface area contributed by atoms with E-state index in [1.807, 2.05) is 12.1 Å². The maximum Gasteiger partial charge on any atom is 0.160 e. The van der Waals surface area contributed by atoms with E-state index in [9.17, 15) is 4.79 Å². The van der Waals surface area contributed by atoms with Crippen molar-refractivity contribution >= 4 is 17.4 Å². The highest BCUT2D eigenvalue weighted by Crippen LogP contribution is 2.26. The minimum absolute atomic E-state index is 0.0236. The molecule has 0 atom stereocenters. The Kier molecular flexibility index (Phi) is 3.02. The van der Waals surface area contributed by atoms with Crippen LogP contribution < -0.4 is 0 Å². The molecule has 80 valence electrons. The zero-order valence-electron chi connectivity index (χ0n) is 8.77. The predicted molar refractivity (Wildman–Crippen MR) is 64.7 cm³/mol. The summed E-state index contributed by atoms with van der Waals surface area (Å²) in [6.45, 7) is 1.54. The van der Waals surface area contributed by atoms with Crippen LogP contribution in [0.1, 0.15) is 17.3 Å². The Bertz CT molecular complexity index is 523. The van der Waals surface area contributed by atoms with E-state index in [2.05, 4.69) is 4.98 Å². The van der Waals surface area contributed by atoms with Gasteiger partial charge in [-0.1, -0.05) is 17.7 Å². The minimum Gasteiger partial charge on any atom is -0.294 e. The standard InChI is InChI=1S/C13H10ClNO/c1-9(16)12-5-4-11(14)7-13(12)10-3-2-6-15-8-10/h2-8H,1H3. The van der Waals surface area contributed by atoms with Crippen LogP contribution in [0.25, 0.3) is 11.1 Å². The molecule has 2 aromatic rings. The summed E-state index contributed by atoms with van der Waals surface area (Å²) in [6.07, 6.45) is 3.42. The maximum atomic E-state index is 11.5. The molecule has 0 spiro atoms. The summed E-state index contributed by atoms with van der Waals surface area (Å²) in [4.78, 5) is 15.5. The molecule has 1 aromatic carbocycles. The highest BCUT2D eigenvalue weighted by molar-refractivity contribution is 6.31. The van der Waals surface area contributed by atoms with Gasteiger partial charge < -0.3 is 0 Å². The highest BCUT2D eigenvalue weighted by Gasteiger charge is 2.09. The van der Waals surface area contributed by atoms with Crippen molar-refractivity contribution in [2.75, 3.05) is 0 Å². The first-order chi connectivity index (χ1) is 7.68. The van der Waals surface area contributed by atoms with E-state index in [1.54, 1.807) is 37.5 Å². The molecule has 16 heavy (non-hydrogen) atoms. The van der Waals surface area contributed by atoms with Gasteiger partial charge in [0.15, 0.2) is 5.78 Å². The molecule has 0 fully saturated rings. The number of halogens is 1. The number of benzene rings is 1. The van der Waals surface area contributed by atoms with Gasteiger partial charge in [0, 0.05) is 28.5 Å². The number of nitrogens with zero attached hydrogens (tertiary/aromatic N) is 1. The number of carbonyl (C=O) groups is 1. The van der Waals surface area contributed by atoms with Crippen molar-refractivity contribution in [3.63, 3.8) is 0 Å². The van der Waals surface area contributed by atoms with Gasteiger partial charge in [0.05, 0.1) is 0 Å². The Balaban J connectivity index is 2.63. The number of hydrogen-bond donors (Lipinski definition) is 0. The molecule has 0 aliphatic heterocycles. The molecule has 1 heterocycles. The maximum absolute atomic E-state index is 11.5. The molecule has 2 nitrogen and oxygen atoms in total. The van der Waals surface area contributed by atoms with Gasteiger partial charge >= 0.3 is 0 Å². The number of ketones is 1. The number of pyridine rings is 1. The van der Waals surface area contributed by atoms with E-state index in [0.717, 1.165) is 11.1 Å². The second-order valence-corrected chi connectivity index (χ2v) is 3.92. The lowest BCUT2D eigenvalue weighted by atomic mass is 9.99. The third-order valence-electron chi connectivity index (χ3n) is 2.33. The average Bonchev–Trinajstić information content (AvgIpc) is 2.29. The van der Waals surface area contributed by atoms with Crippen LogP contribution in [0, 0.1) is 0 Å². The van der Waals surface area contributed by atoms with E-state index in [1.165, 1.54) is 0 Å². The molecule has 0 saturated carbocycles. The summed E-state index contributed by atoms with van der Waals surface area (Å²) in [7, 11) is 0. The summed E-state index contributed by atoms with van der Waals surface area (Å²) in [6, 6.07) is 8.99. The molecular formula is C13H10ClNO. The van der Waals surface area contributed by atoms with Crippen molar-refractivity contribution in [3.05, 3.63) is 53.3 Å². The largest absolute Gasteiger partial charge is 0.294 e. The van der Waals surface area contributed by atoms with Crippen molar-refractivity contribution in [3.8, 4) is 11.1 Å². The summed E-state index contributed by atoms with van der Waals surface area (Å²) in [5.41, 5.74) is 2.39. The molecule has 0 amide bonds. The Morgan fingerprint density at radius 2 is 2.12 bits per heavy atom. The van der Waals surface area contributed by atoms with Crippen molar-refractivity contribution < 1.29 is 4.79 Å². The lowest BCUT2D eigenvalue weighted by molar-refractivity contribution is 0.101. The fourth-order valence-corrected chi connectivity index (χ4v) is 1.76. The molecule has 3 heteroatoms. The third kappa shape index (κ3) is 2.12. The van der Waals surface area contributed by atoms with Crippen LogP contribution in [-0.4, -0.2) is 10.8 Å². The highest BCUT2D eigenvalue weighted by atomic mass is 35.5. The SMILES string of the molecule is CC(=O)c1ccc(Cl)cc1-c1cccnc1. The van der Waals surface area contributed by atoms with E-state index >= 15 is 0 Å². The van der Waals surface area contributed by atoms with Crippen LogP contribution in [-0.2, 0) is 0 Å². The number of carbonyl (C=O) groups excluding carboxylic acids is 1. The molecule has 2 rings (SSSR count). The first-order valence-corrected chi connectivity index (χ1v) is 5.27. The smallest absolute Gasteiger partial charge is 0.160 e. The first kappa shape index (κ1) is 10.8. The van der Waals surface area contributed by atoms with Gasteiger partial charge in [-0.05, 0) is 36.8 Å². The van der Waals surface area contributed by atoms with Crippen LogP contribution in [0.15, 0.2) is 42.7 Å². The van der Waals surface area contributed by atoms with Gasteiger partial charge in [-0.15, -0.1) is 0 Å². The fraction of sp³-hybridized carbons (Fsp3) is 0.0769. The molecule has 0 N–H and O–H groups in total. The van der Waals surface area contributed by atoms with Crippen LogP contribution >= 0.6 is 11.6 Å². The van der Waals surface area contributed by atoms with Gasteiger partial charge in [-0.25, -0.2) is 0 Å². The average molecular weight is 232 g/mol. The summed E-state index contributed by atoms with van der Waals surface area (Å²) >= 11 is 5.94. The molecule has 0 saturated heterocycles. The molecule has 0 bridgehead atoms. The second-order valence-electron chi connectivity index (χ2n) is 3.49. The van der Waals surface area contributed by atoms with Gasteiger partial charge in [0.2, 0.25) is 0 Å². The van der Waals surface area contributed by atoms with Crippen LogP contribution in [0.4, 0.5) is 0 Å².